The van der Waals surface area contributed by atoms with Gasteiger partial charge in [-0.3, -0.25) is 0 Å². The first-order valence-corrected chi connectivity index (χ1v) is 3.92. The number of nitrogens with one attached hydrogen (secondary N) is 2. The lowest BCUT2D eigenvalue weighted by molar-refractivity contribution is 0.563. The van der Waals surface area contributed by atoms with Crippen LogP contribution < -0.4 is 10.6 Å². The van der Waals surface area contributed by atoms with Gasteiger partial charge in [-0.2, -0.15) is 0 Å². The molecule has 52 valence electrons. The molecule has 2 atom stereocenters. The van der Waals surface area contributed by atoms with Crippen LogP contribution in [0.2, 0.25) is 0 Å². The zero-order chi connectivity index (χ0) is 6.10. The van der Waals surface area contributed by atoms with Crippen molar-refractivity contribution in [3.63, 3.8) is 0 Å². The third-order valence-corrected chi connectivity index (χ3v) is 2.40. The van der Waals surface area contributed by atoms with E-state index in [9.17, 15) is 0 Å². The molecule has 2 rings (SSSR count). The summed E-state index contributed by atoms with van der Waals surface area (Å²) in [4.78, 5) is 0. The fraction of sp³-hybridized carbons (Fsp3) is 1.00. The first kappa shape index (κ1) is 5.69. The second kappa shape index (κ2) is 2.27. The lowest BCUT2D eigenvalue weighted by atomic mass is 10.1. The van der Waals surface area contributed by atoms with Crippen LogP contribution >= 0.6 is 0 Å². The van der Waals surface area contributed by atoms with Crippen LogP contribution in [0.4, 0.5) is 0 Å². The summed E-state index contributed by atoms with van der Waals surface area (Å²) in [6, 6.07) is 1.63. The number of fused-ring (bicyclic) bond motifs is 2. The predicted octanol–water partition coefficient (Wildman–Crippen LogP) is 0.100. The molecular formula is C7H14N2. The van der Waals surface area contributed by atoms with Crippen molar-refractivity contribution >= 4 is 0 Å². The smallest absolute Gasteiger partial charge is 0.0195 e. The molecule has 0 spiro atoms. The number of hydrogen-bond acceptors (Lipinski definition) is 2. The quantitative estimate of drug-likeness (QED) is 0.481. The summed E-state index contributed by atoms with van der Waals surface area (Å²) in [7, 11) is 0. The van der Waals surface area contributed by atoms with Gasteiger partial charge in [0.25, 0.3) is 0 Å². The van der Waals surface area contributed by atoms with Gasteiger partial charge in [0, 0.05) is 18.6 Å². The fourth-order valence-corrected chi connectivity index (χ4v) is 1.84. The molecular weight excluding hydrogens is 112 g/mol. The van der Waals surface area contributed by atoms with E-state index in [4.69, 9.17) is 0 Å². The maximum atomic E-state index is 3.59. The topological polar surface area (TPSA) is 24.1 Å². The molecule has 2 aliphatic heterocycles. The molecule has 0 aromatic heterocycles. The van der Waals surface area contributed by atoms with Gasteiger partial charge in [-0.1, -0.05) is 0 Å². The minimum Gasteiger partial charge on any atom is -0.315 e. The van der Waals surface area contributed by atoms with Crippen LogP contribution in [0.3, 0.4) is 0 Å². The van der Waals surface area contributed by atoms with Gasteiger partial charge in [-0.05, 0) is 25.8 Å². The zero-order valence-electron chi connectivity index (χ0n) is 5.69. The molecule has 2 aliphatic rings. The van der Waals surface area contributed by atoms with E-state index in [1.165, 1.54) is 32.4 Å². The van der Waals surface area contributed by atoms with Crippen LogP contribution in [0.1, 0.15) is 19.3 Å². The van der Waals surface area contributed by atoms with Crippen molar-refractivity contribution < 1.29 is 0 Å². The molecule has 2 heteroatoms. The van der Waals surface area contributed by atoms with E-state index in [1.807, 2.05) is 0 Å². The number of hydrogen-bond donors (Lipinski definition) is 2. The Labute approximate surface area is 56.0 Å². The molecule has 2 N–H and O–H groups in total. The molecule has 2 heterocycles. The molecule has 9 heavy (non-hydrogen) atoms. The number of rotatable bonds is 0. The molecule has 2 bridgehead atoms. The highest BCUT2D eigenvalue weighted by Gasteiger charge is 2.24. The Balaban J connectivity index is 1.99. The van der Waals surface area contributed by atoms with Crippen molar-refractivity contribution in [2.24, 2.45) is 0 Å². The second-order valence-corrected chi connectivity index (χ2v) is 3.13. The first-order valence-electron chi connectivity index (χ1n) is 3.92. The van der Waals surface area contributed by atoms with Gasteiger partial charge in [0.1, 0.15) is 0 Å². The summed E-state index contributed by atoms with van der Waals surface area (Å²) in [5.74, 6) is 0. The Hall–Kier alpha value is -0.0800. The van der Waals surface area contributed by atoms with Crippen molar-refractivity contribution in [2.45, 2.75) is 31.3 Å². The van der Waals surface area contributed by atoms with Gasteiger partial charge < -0.3 is 10.6 Å². The lowest BCUT2D eigenvalue weighted by Crippen LogP contribution is -2.32. The third-order valence-electron chi connectivity index (χ3n) is 2.40. The third kappa shape index (κ3) is 1.10. The van der Waals surface area contributed by atoms with Crippen LogP contribution in [0.15, 0.2) is 0 Å². The molecule has 2 nitrogen and oxygen atoms in total. The molecule has 0 saturated carbocycles. The van der Waals surface area contributed by atoms with Crippen LogP contribution in [0.25, 0.3) is 0 Å². The van der Waals surface area contributed by atoms with Crippen molar-refractivity contribution in [3.05, 3.63) is 0 Å². The summed E-state index contributed by atoms with van der Waals surface area (Å²) in [6.07, 6.45) is 4.13. The second-order valence-electron chi connectivity index (χ2n) is 3.13. The highest BCUT2D eigenvalue weighted by molar-refractivity contribution is 4.87. The van der Waals surface area contributed by atoms with E-state index in [2.05, 4.69) is 10.6 Å². The Bertz CT molecular complexity index is 91.1. The average Bonchev–Trinajstić information content (AvgIpc) is 2.09. The molecule has 0 aromatic rings. The highest BCUT2D eigenvalue weighted by atomic mass is 15.1. The standard InChI is InChI=1S/C7H14N2/c1-2-7-5-8-4-3-6(1)9-7/h6-9H,1-5H2/t6-,7+/m0/s1. The van der Waals surface area contributed by atoms with Crippen LogP contribution in [-0.2, 0) is 0 Å². The summed E-state index contributed by atoms with van der Waals surface area (Å²) in [6.45, 7) is 2.41. The summed E-state index contributed by atoms with van der Waals surface area (Å²) >= 11 is 0. The van der Waals surface area contributed by atoms with Crippen molar-refractivity contribution in [1.82, 2.24) is 10.6 Å². The predicted molar refractivity (Wildman–Crippen MR) is 37.4 cm³/mol. The Morgan fingerprint density at radius 2 is 1.89 bits per heavy atom. The van der Waals surface area contributed by atoms with Gasteiger partial charge >= 0.3 is 0 Å². The van der Waals surface area contributed by atoms with Crippen molar-refractivity contribution in [2.75, 3.05) is 13.1 Å². The van der Waals surface area contributed by atoms with E-state index in [-0.39, 0.29) is 0 Å². The highest BCUT2D eigenvalue weighted by Crippen LogP contribution is 2.15. The van der Waals surface area contributed by atoms with Crippen LogP contribution in [-0.4, -0.2) is 25.2 Å². The molecule has 0 radical (unpaired) electrons. The van der Waals surface area contributed by atoms with Gasteiger partial charge in [0.15, 0.2) is 0 Å². The van der Waals surface area contributed by atoms with Crippen molar-refractivity contribution in [3.8, 4) is 0 Å². The summed E-state index contributed by atoms with van der Waals surface area (Å²) < 4.78 is 0. The monoisotopic (exact) mass is 126 g/mol. The zero-order valence-corrected chi connectivity index (χ0v) is 5.69. The maximum absolute atomic E-state index is 3.59. The fourth-order valence-electron chi connectivity index (χ4n) is 1.84. The minimum absolute atomic E-state index is 0.789. The first-order chi connectivity index (χ1) is 4.45. The van der Waals surface area contributed by atoms with Gasteiger partial charge in [-0.25, -0.2) is 0 Å². The SMILES string of the molecule is C1C[C@@H]2CC[C@H](CN1)N2. The molecule has 2 saturated heterocycles. The lowest BCUT2D eigenvalue weighted by Gasteiger charge is -2.06. The molecule has 0 aliphatic carbocycles. The molecule has 0 aromatic carbocycles. The van der Waals surface area contributed by atoms with Crippen LogP contribution in [0.5, 0.6) is 0 Å². The van der Waals surface area contributed by atoms with E-state index in [1.54, 1.807) is 0 Å². The summed E-state index contributed by atoms with van der Waals surface area (Å²) in [5.41, 5.74) is 0. The van der Waals surface area contributed by atoms with E-state index in [0.29, 0.717) is 0 Å². The van der Waals surface area contributed by atoms with Gasteiger partial charge in [0.05, 0.1) is 0 Å². The minimum atomic E-state index is 0.789. The summed E-state index contributed by atoms with van der Waals surface area (Å²) in [5, 5.41) is 7.01. The van der Waals surface area contributed by atoms with E-state index >= 15 is 0 Å². The van der Waals surface area contributed by atoms with E-state index in [0.717, 1.165) is 12.1 Å². The van der Waals surface area contributed by atoms with Gasteiger partial charge in [-0.15, -0.1) is 0 Å². The molecule has 2 fully saturated rings. The molecule has 0 amide bonds. The Morgan fingerprint density at radius 3 is 2.89 bits per heavy atom. The average molecular weight is 126 g/mol. The normalized spacial score (nSPS) is 42.7. The van der Waals surface area contributed by atoms with Crippen molar-refractivity contribution in [1.29, 1.82) is 0 Å². The Morgan fingerprint density at radius 1 is 1.00 bits per heavy atom. The van der Waals surface area contributed by atoms with Crippen LogP contribution in [0, 0.1) is 0 Å². The Kier molecular flexibility index (Phi) is 1.44. The maximum Gasteiger partial charge on any atom is 0.0195 e. The van der Waals surface area contributed by atoms with Gasteiger partial charge in [0.2, 0.25) is 0 Å². The molecule has 0 unspecified atom stereocenters. The largest absolute Gasteiger partial charge is 0.315 e. The van der Waals surface area contributed by atoms with E-state index < -0.39 is 0 Å².